The SMILES string of the molecule is [CH2]CCC=NCCN. The van der Waals surface area contributed by atoms with E-state index in [0.29, 0.717) is 6.54 Å². The molecule has 0 aromatic carbocycles. The van der Waals surface area contributed by atoms with Gasteiger partial charge in [0.2, 0.25) is 0 Å². The quantitative estimate of drug-likeness (QED) is 0.533. The Bertz CT molecular complexity index is 51.5. The Morgan fingerprint density at radius 2 is 2.38 bits per heavy atom. The van der Waals surface area contributed by atoms with Crippen molar-refractivity contribution in [3.63, 3.8) is 0 Å². The topological polar surface area (TPSA) is 38.4 Å². The van der Waals surface area contributed by atoms with E-state index in [9.17, 15) is 0 Å². The fourth-order valence-corrected chi connectivity index (χ4v) is 0.348. The molecule has 0 aliphatic heterocycles. The van der Waals surface area contributed by atoms with E-state index in [1.807, 2.05) is 6.21 Å². The van der Waals surface area contributed by atoms with Gasteiger partial charge in [-0.1, -0.05) is 6.92 Å². The van der Waals surface area contributed by atoms with Gasteiger partial charge in [-0.2, -0.15) is 0 Å². The number of hydrogen-bond donors (Lipinski definition) is 1. The predicted molar refractivity (Wildman–Crippen MR) is 37.0 cm³/mol. The van der Waals surface area contributed by atoms with Gasteiger partial charge in [-0.25, -0.2) is 0 Å². The van der Waals surface area contributed by atoms with Gasteiger partial charge >= 0.3 is 0 Å². The first-order valence-electron chi connectivity index (χ1n) is 2.89. The van der Waals surface area contributed by atoms with Crippen molar-refractivity contribution in [1.29, 1.82) is 0 Å². The minimum atomic E-state index is 0.646. The second-order valence-electron chi connectivity index (χ2n) is 1.52. The van der Waals surface area contributed by atoms with Crippen molar-refractivity contribution in [2.45, 2.75) is 12.8 Å². The van der Waals surface area contributed by atoms with Crippen molar-refractivity contribution in [1.82, 2.24) is 0 Å². The number of aliphatic imine (C=N–C) groups is 1. The van der Waals surface area contributed by atoms with Crippen LogP contribution in [0.2, 0.25) is 0 Å². The summed E-state index contributed by atoms with van der Waals surface area (Å²) in [5.74, 6) is 0. The van der Waals surface area contributed by atoms with E-state index in [0.717, 1.165) is 19.4 Å². The third-order valence-corrected chi connectivity index (χ3v) is 0.721. The highest BCUT2D eigenvalue weighted by molar-refractivity contribution is 5.56. The third kappa shape index (κ3) is 5.63. The summed E-state index contributed by atoms with van der Waals surface area (Å²) in [6.07, 6.45) is 3.77. The fraction of sp³-hybridized carbons (Fsp3) is 0.667. The lowest BCUT2D eigenvalue weighted by molar-refractivity contribution is 0.969. The molecule has 2 heteroatoms. The summed E-state index contributed by atoms with van der Waals surface area (Å²) in [5, 5.41) is 0. The number of hydrogen-bond acceptors (Lipinski definition) is 2. The van der Waals surface area contributed by atoms with E-state index >= 15 is 0 Å². The molecule has 0 saturated heterocycles. The first kappa shape index (κ1) is 7.63. The number of nitrogens with zero attached hydrogens (tertiary/aromatic N) is 1. The van der Waals surface area contributed by atoms with Crippen molar-refractivity contribution < 1.29 is 0 Å². The summed E-state index contributed by atoms with van der Waals surface area (Å²) in [7, 11) is 0. The third-order valence-electron chi connectivity index (χ3n) is 0.721. The van der Waals surface area contributed by atoms with E-state index in [4.69, 9.17) is 5.73 Å². The Morgan fingerprint density at radius 1 is 1.62 bits per heavy atom. The van der Waals surface area contributed by atoms with E-state index in [2.05, 4.69) is 11.9 Å². The van der Waals surface area contributed by atoms with Crippen LogP contribution in [0.3, 0.4) is 0 Å². The number of rotatable bonds is 4. The Kier molecular flexibility index (Phi) is 6.32. The van der Waals surface area contributed by atoms with Crippen LogP contribution in [0.25, 0.3) is 0 Å². The Hall–Kier alpha value is -0.370. The first-order chi connectivity index (χ1) is 3.91. The van der Waals surface area contributed by atoms with E-state index in [1.54, 1.807) is 0 Å². The lowest BCUT2D eigenvalue weighted by atomic mass is 10.4. The molecule has 1 radical (unpaired) electrons. The molecule has 0 saturated carbocycles. The fourth-order valence-electron chi connectivity index (χ4n) is 0.348. The molecule has 0 amide bonds. The molecule has 0 bridgehead atoms. The molecule has 47 valence electrons. The van der Waals surface area contributed by atoms with Crippen molar-refractivity contribution >= 4 is 6.21 Å². The summed E-state index contributed by atoms with van der Waals surface area (Å²) >= 11 is 0. The molecule has 0 aromatic rings. The Labute approximate surface area is 50.8 Å². The highest BCUT2D eigenvalue weighted by Crippen LogP contribution is 1.78. The van der Waals surface area contributed by atoms with E-state index in [1.165, 1.54) is 0 Å². The van der Waals surface area contributed by atoms with Gasteiger partial charge in [-0.05, 0) is 19.1 Å². The minimum absolute atomic E-state index is 0.646. The molecule has 0 aliphatic rings. The maximum absolute atomic E-state index is 5.18. The smallest absolute Gasteiger partial charge is 0.0508 e. The normalized spacial score (nSPS) is 10.8. The van der Waals surface area contributed by atoms with Crippen LogP contribution in [-0.4, -0.2) is 19.3 Å². The molecule has 0 aromatic heterocycles. The van der Waals surface area contributed by atoms with Gasteiger partial charge in [0.15, 0.2) is 0 Å². The highest BCUT2D eigenvalue weighted by atomic mass is 14.7. The second-order valence-corrected chi connectivity index (χ2v) is 1.52. The van der Waals surface area contributed by atoms with Crippen molar-refractivity contribution in [2.75, 3.05) is 13.1 Å². The van der Waals surface area contributed by atoms with Gasteiger partial charge in [-0.15, -0.1) is 0 Å². The Morgan fingerprint density at radius 3 is 2.88 bits per heavy atom. The standard InChI is InChI=1S/C6H13N2/c1-2-3-5-8-6-4-7/h5H,1-4,6-7H2. The largest absolute Gasteiger partial charge is 0.329 e. The average molecular weight is 113 g/mol. The van der Waals surface area contributed by atoms with Crippen LogP contribution in [0.5, 0.6) is 0 Å². The summed E-state index contributed by atoms with van der Waals surface area (Å²) in [5.41, 5.74) is 5.18. The summed E-state index contributed by atoms with van der Waals surface area (Å²) in [4.78, 5) is 3.99. The molecule has 0 aliphatic carbocycles. The summed E-state index contributed by atoms with van der Waals surface area (Å²) < 4.78 is 0. The zero-order valence-electron chi connectivity index (χ0n) is 5.14. The zero-order valence-corrected chi connectivity index (χ0v) is 5.14. The van der Waals surface area contributed by atoms with Crippen molar-refractivity contribution in [2.24, 2.45) is 10.7 Å². The second kappa shape index (κ2) is 6.63. The molecule has 2 N–H and O–H groups in total. The van der Waals surface area contributed by atoms with Gasteiger partial charge in [0.1, 0.15) is 0 Å². The number of nitrogens with two attached hydrogens (primary N) is 1. The van der Waals surface area contributed by atoms with Crippen LogP contribution < -0.4 is 5.73 Å². The molecule has 0 heterocycles. The van der Waals surface area contributed by atoms with Gasteiger partial charge in [0.25, 0.3) is 0 Å². The summed E-state index contributed by atoms with van der Waals surface area (Å²) in [6, 6.07) is 0. The number of unbranched alkanes of at least 4 members (excludes halogenated alkanes) is 1. The monoisotopic (exact) mass is 113 g/mol. The maximum atomic E-state index is 5.18. The molecular formula is C6H13N2. The molecule has 0 unspecified atom stereocenters. The summed E-state index contributed by atoms with van der Waals surface area (Å²) in [6.45, 7) is 5.06. The predicted octanol–water partition coefficient (Wildman–Crippen LogP) is 0.630. The van der Waals surface area contributed by atoms with Gasteiger partial charge in [0, 0.05) is 6.54 Å². The molecular weight excluding hydrogens is 100 g/mol. The van der Waals surface area contributed by atoms with Crippen LogP contribution in [0, 0.1) is 6.92 Å². The van der Waals surface area contributed by atoms with E-state index < -0.39 is 0 Å². The van der Waals surface area contributed by atoms with Crippen LogP contribution in [-0.2, 0) is 0 Å². The van der Waals surface area contributed by atoms with Crippen molar-refractivity contribution in [3.8, 4) is 0 Å². The molecule has 8 heavy (non-hydrogen) atoms. The maximum Gasteiger partial charge on any atom is 0.0508 e. The lowest BCUT2D eigenvalue weighted by Crippen LogP contribution is -2.01. The van der Waals surface area contributed by atoms with Gasteiger partial charge in [0.05, 0.1) is 6.54 Å². The zero-order chi connectivity index (χ0) is 6.24. The average Bonchev–Trinajstić information content (AvgIpc) is 1.81. The minimum Gasteiger partial charge on any atom is -0.329 e. The van der Waals surface area contributed by atoms with Crippen molar-refractivity contribution in [3.05, 3.63) is 6.92 Å². The van der Waals surface area contributed by atoms with Crippen LogP contribution in [0.1, 0.15) is 12.8 Å². The van der Waals surface area contributed by atoms with Crippen LogP contribution in [0.4, 0.5) is 0 Å². The molecule has 0 fully saturated rings. The molecule has 2 nitrogen and oxygen atoms in total. The highest BCUT2D eigenvalue weighted by Gasteiger charge is 1.72. The van der Waals surface area contributed by atoms with Gasteiger partial charge in [-0.3, -0.25) is 4.99 Å². The Balaban J connectivity index is 2.83. The van der Waals surface area contributed by atoms with Crippen LogP contribution in [0.15, 0.2) is 4.99 Å². The molecule has 0 rings (SSSR count). The molecule has 0 atom stereocenters. The van der Waals surface area contributed by atoms with Gasteiger partial charge < -0.3 is 5.73 Å². The first-order valence-corrected chi connectivity index (χ1v) is 2.89. The van der Waals surface area contributed by atoms with Crippen LogP contribution >= 0.6 is 0 Å². The van der Waals surface area contributed by atoms with E-state index in [-0.39, 0.29) is 0 Å². The molecule has 0 spiro atoms. The lowest BCUT2D eigenvalue weighted by Gasteiger charge is -1.84.